The Bertz CT molecular complexity index is 208. The molecule has 1 rings (SSSR count). The molecule has 4 heteroatoms. The minimum absolute atomic E-state index is 0.262. The van der Waals surface area contributed by atoms with Crippen LogP contribution in [0.4, 0.5) is 0 Å². The molecule has 0 bridgehead atoms. The van der Waals surface area contributed by atoms with E-state index in [1.54, 1.807) is 0 Å². The Labute approximate surface area is 62.8 Å². The van der Waals surface area contributed by atoms with Crippen LogP contribution in [0.25, 0.3) is 0 Å². The van der Waals surface area contributed by atoms with Crippen molar-refractivity contribution in [2.24, 2.45) is 0 Å². The number of carbonyl (C=O) groups excluding carboxylic acids is 1. The summed E-state index contributed by atoms with van der Waals surface area (Å²) in [5, 5.41) is 1.91. The molecule has 0 fully saturated rings. The lowest BCUT2D eigenvalue weighted by molar-refractivity contribution is -0.120. The van der Waals surface area contributed by atoms with Crippen molar-refractivity contribution in [3.8, 4) is 0 Å². The number of thiophene rings is 1. The lowest BCUT2D eigenvalue weighted by atomic mass is 10.3. The van der Waals surface area contributed by atoms with Crippen LogP contribution in [0.5, 0.6) is 0 Å². The molecule has 0 aliphatic rings. The van der Waals surface area contributed by atoms with Gasteiger partial charge in [-0.05, 0) is 11.4 Å². The van der Waals surface area contributed by atoms with Gasteiger partial charge >= 0.3 is 0 Å². The topological polar surface area (TPSA) is 52.9 Å². The predicted octanol–water partition coefficient (Wildman–Crippen LogP) is 0.605. The van der Waals surface area contributed by atoms with E-state index >= 15 is 0 Å². The van der Waals surface area contributed by atoms with Gasteiger partial charge in [0.25, 0.3) is 0 Å². The predicted molar refractivity (Wildman–Crippen MR) is 39.3 cm³/mol. The first-order valence-corrected chi connectivity index (χ1v) is 3.69. The van der Waals surface area contributed by atoms with Crippen molar-refractivity contribution in [2.45, 2.75) is 6.42 Å². The van der Waals surface area contributed by atoms with Crippen molar-refractivity contribution in [3.63, 3.8) is 0 Å². The molecule has 1 radical (unpaired) electrons. The van der Waals surface area contributed by atoms with Crippen LogP contribution in [0.15, 0.2) is 17.5 Å². The summed E-state index contributed by atoms with van der Waals surface area (Å²) in [6.07, 6.45) is 0.321. The van der Waals surface area contributed by atoms with Crippen molar-refractivity contribution >= 4 is 17.2 Å². The van der Waals surface area contributed by atoms with Gasteiger partial charge in [-0.1, -0.05) is 6.07 Å². The summed E-state index contributed by atoms with van der Waals surface area (Å²) in [5.41, 5.74) is 1.82. The highest BCUT2D eigenvalue weighted by molar-refractivity contribution is 7.10. The normalized spacial score (nSPS) is 9.30. The first-order chi connectivity index (χ1) is 4.83. The number of hydrogen-bond donors (Lipinski definition) is 1. The summed E-state index contributed by atoms with van der Waals surface area (Å²) in [5.74, 6) is 6.25. The smallest absolute Gasteiger partial charge is 0.240 e. The summed E-state index contributed by atoms with van der Waals surface area (Å²) in [6, 6.07) is 3.76. The van der Waals surface area contributed by atoms with E-state index in [4.69, 9.17) is 5.84 Å². The molecule has 0 saturated heterocycles. The molecule has 0 aliphatic carbocycles. The van der Waals surface area contributed by atoms with E-state index in [9.17, 15) is 4.79 Å². The molecule has 1 aromatic rings. The third kappa shape index (κ3) is 1.82. The third-order valence-corrected chi connectivity index (χ3v) is 1.93. The van der Waals surface area contributed by atoms with Crippen molar-refractivity contribution in [1.29, 1.82) is 0 Å². The van der Waals surface area contributed by atoms with Crippen LogP contribution in [-0.2, 0) is 11.2 Å². The van der Waals surface area contributed by atoms with Crippen LogP contribution in [-0.4, -0.2) is 5.91 Å². The van der Waals surface area contributed by atoms with Crippen molar-refractivity contribution in [1.82, 2.24) is 11.3 Å². The van der Waals surface area contributed by atoms with Gasteiger partial charge in [0.15, 0.2) is 0 Å². The molecule has 0 saturated carbocycles. The summed E-state index contributed by atoms with van der Waals surface area (Å²) < 4.78 is 0. The Morgan fingerprint density at radius 2 is 2.60 bits per heavy atom. The van der Waals surface area contributed by atoms with Gasteiger partial charge in [0.05, 0.1) is 6.42 Å². The van der Waals surface area contributed by atoms with Crippen LogP contribution in [0.2, 0.25) is 0 Å². The van der Waals surface area contributed by atoms with Gasteiger partial charge in [0, 0.05) is 4.88 Å². The van der Waals surface area contributed by atoms with E-state index in [1.165, 1.54) is 11.3 Å². The maximum absolute atomic E-state index is 10.6. The molecule has 0 aromatic carbocycles. The van der Waals surface area contributed by atoms with Gasteiger partial charge in [-0.2, -0.15) is 5.84 Å². The number of nitrogens with one attached hydrogen (secondary N) is 2. The highest BCUT2D eigenvalue weighted by Crippen LogP contribution is 2.08. The standard InChI is InChI=1S/C6H7N2OS/c7-8-6(9)4-5-2-1-3-10-5/h1-3,7H,4H2,(H,8,9). The molecular weight excluding hydrogens is 148 g/mol. The Morgan fingerprint density at radius 1 is 1.80 bits per heavy atom. The number of hydrogen-bond acceptors (Lipinski definition) is 2. The zero-order valence-corrected chi connectivity index (χ0v) is 6.07. The fraction of sp³-hybridized carbons (Fsp3) is 0.167. The summed E-state index contributed by atoms with van der Waals surface area (Å²) in [4.78, 5) is 11.6. The van der Waals surface area contributed by atoms with Gasteiger partial charge in [-0.3, -0.25) is 10.2 Å². The molecule has 0 aliphatic heterocycles. The molecular formula is C6H7N2OS. The first kappa shape index (κ1) is 7.24. The second-order valence-electron chi connectivity index (χ2n) is 1.80. The van der Waals surface area contributed by atoms with E-state index in [-0.39, 0.29) is 5.91 Å². The van der Waals surface area contributed by atoms with Gasteiger partial charge in [0.1, 0.15) is 0 Å². The maximum Gasteiger partial charge on any atom is 0.240 e. The highest BCUT2D eigenvalue weighted by Gasteiger charge is 2.00. The van der Waals surface area contributed by atoms with Crippen LogP contribution < -0.4 is 11.3 Å². The Morgan fingerprint density at radius 3 is 3.10 bits per heavy atom. The fourth-order valence-corrected chi connectivity index (χ4v) is 1.32. The Hall–Kier alpha value is -0.870. The van der Waals surface area contributed by atoms with E-state index in [0.29, 0.717) is 6.42 Å². The van der Waals surface area contributed by atoms with Crippen LogP contribution in [0.1, 0.15) is 4.88 Å². The van der Waals surface area contributed by atoms with E-state index < -0.39 is 0 Å². The average Bonchev–Trinajstić information content (AvgIpc) is 2.40. The van der Waals surface area contributed by atoms with E-state index in [2.05, 4.69) is 0 Å². The maximum atomic E-state index is 10.6. The second-order valence-corrected chi connectivity index (χ2v) is 2.84. The van der Waals surface area contributed by atoms with Gasteiger partial charge < -0.3 is 0 Å². The quantitative estimate of drug-likeness (QED) is 0.625. The zero-order chi connectivity index (χ0) is 7.40. The molecule has 1 aromatic heterocycles. The molecule has 0 spiro atoms. The molecule has 0 atom stereocenters. The number of rotatable bonds is 2. The van der Waals surface area contributed by atoms with Crippen LogP contribution >= 0.6 is 11.3 Å². The fourth-order valence-electron chi connectivity index (χ4n) is 0.616. The van der Waals surface area contributed by atoms with Crippen molar-refractivity contribution in [3.05, 3.63) is 22.4 Å². The molecule has 2 N–H and O–H groups in total. The number of amides is 1. The van der Waals surface area contributed by atoms with E-state index in [1.807, 2.05) is 22.9 Å². The summed E-state index contributed by atoms with van der Waals surface area (Å²) in [7, 11) is 0. The average molecular weight is 155 g/mol. The lowest BCUT2D eigenvalue weighted by Crippen LogP contribution is -2.22. The molecule has 0 unspecified atom stereocenters. The minimum atomic E-state index is -0.262. The largest absolute Gasteiger partial charge is 0.276 e. The first-order valence-electron chi connectivity index (χ1n) is 2.81. The van der Waals surface area contributed by atoms with Crippen LogP contribution in [0, 0.1) is 0 Å². The Balaban J connectivity index is 2.48. The lowest BCUT2D eigenvalue weighted by Gasteiger charge is -1.92. The van der Waals surface area contributed by atoms with Crippen molar-refractivity contribution < 1.29 is 4.79 Å². The molecule has 10 heavy (non-hydrogen) atoms. The monoisotopic (exact) mass is 155 g/mol. The molecule has 1 heterocycles. The van der Waals surface area contributed by atoms with Crippen molar-refractivity contribution in [2.75, 3.05) is 0 Å². The molecule has 3 nitrogen and oxygen atoms in total. The minimum Gasteiger partial charge on any atom is -0.276 e. The Kier molecular flexibility index (Phi) is 2.42. The highest BCUT2D eigenvalue weighted by atomic mass is 32.1. The summed E-state index contributed by atoms with van der Waals surface area (Å²) in [6.45, 7) is 0. The zero-order valence-electron chi connectivity index (χ0n) is 5.26. The van der Waals surface area contributed by atoms with Gasteiger partial charge in [-0.25, -0.2) is 0 Å². The third-order valence-electron chi connectivity index (χ3n) is 1.05. The number of carbonyl (C=O) groups is 1. The van der Waals surface area contributed by atoms with Gasteiger partial charge in [0.2, 0.25) is 5.91 Å². The second kappa shape index (κ2) is 3.34. The summed E-state index contributed by atoms with van der Waals surface area (Å²) >= 11 is 1.52. The SMILES string of the molecule is [NH]NC(=O)Cc1cccs1. The molecule has 53 valence electrons. The van der Waals surface area contributed by atoms with E-state index in [0.717, 1.165) is 4.88 Å². The van der Waals surface area contributed by atoms with Crippen LogP contribution in [0.3, 0.4) is 0 Å². The van der Waals surface area contributed by atoms with Gasteiger partial charge in [-0.15, -0.1) is 11.3 Å². The molecule has 1 amide bonds.